The van der Waals surface area contributed by atoms with Crippen molar-refractivity contribution in [1.29, 1.82) is 0 Å². The highest BCUT2D eigenvalue weighted by molar-refractivity contribution is 5.70. The van der Waals surface area contributed by atoms with Crippen molar-refractivity contribution in [2.75, 3.05) is 0 Å². The summed E-state index contributed by atoms with van der Waals surface area (Å²) in [5.74, 6) is 0.836. The molecule has 0 bridgehead atoms. The van der Waals surface area contributed by atoms with Crippen LogP contribution in [0.1, 0.15) is 36.7 Å². The van der Waals surface area contributed by atoms with Gasteiger partial charge in [0.15, 0.2) is 0 Å². The van der Waals surface area contributed by atoms with E-state index in [4.69, 9.17) is 5.11 Å². The Kier molecular flexibility index (Phi) is 1.84. The standard InChI is InChI=1S/C11H14N2O2/c14-11(15)8-3-4-9-5-12-10(7-1-2-7)13(9)6-8/h5,7-8H,1-4,6H2,(H,14,15). The highest BCUT2D eigenvalue weighted by Gasteiger charge is 2.32. The van der Waals surface area contributed by atoms with Crippen LogP contribution in [-0.4, -0.2) is 20.6 Å². The number of hydrogen-bond acceptors (Lipinski definition) is 2. The van der Waals surface area contributed by atoms with E-state index in [2.05, 4.69) is 9.55 Å². The summed E-state index contributed by atoms with van der Waals surface area (Å²) in [7, 11) is 0. The molecular weight excluding hydrogens is 192 g/mol. The molecule has 1 fully saturated rings. The van der Waals surface area contributed by atoms with Crippen molar-refractivity contribution in [2.45, 2.75) is 38.1 Å². The summed E-state index contributed by atoms with van der Waals surface area (Å²) in [4.78, 5) is 15.4. The zero-order chi connectivity index (χ0) is 10.4. The second kappa shape index (κ2) is 3.08. The summed E-state index contributed by atoms with van der Waals surface area (Å²) >= 11 is 0. The first-order chi connectivity index (χ1) is 7.25. The van der Waals surface area contributed by atoms with E-state index in [1.54, 1.807) is 0 Å². The summed E-state index contributed by atoms with van der Waals surface area (Å²) < 4.78 is 2.14. The molecule has 80 valence electrons. The normalized spacial score (nSPS) is 24.9. The molecule has 1 N–H and O–H groups in total. The van der Waals surface area contributed by atoms with Gasteiger partial charge in [0.05, 0.1) is 5.92 Å². The van der Waals surface area contributed by atoms with Gasteiger partial charge in [-0.25, -0.2) is 4.98 Å². The number of aliphatic carboxylic acids is 1. The summed E-state index contributed by atoms with van der Waals surface area (Å²) in [5.41, 5.74) is 1.22. The average Bonchev–Trinajstić information content (AvgIpc) is 2.98. The minimum Gasteiger partial charge on any atom is -0.481 e. The number of carboxylic acid groups (broad SMARTS) is 1. The number of aromatic nitrogens is 2. The summed E-state index contributed by atoms with van der Waals surface area (Å²) in [6.45, 7) is 0.622. The van der Waals surface area contributed by atoms with Gasteiger partial charge in [-0.05, 0) is 25.7 Å². The Labute approximate surface area is 87.9 Å². The molecule has 1 aliphatic carbocycles. The Morgan fingerprint density at radius 2 is 2.27 bits per heavy atom. The molecule has 0 spiro atoms. The SMILES string of the molecule is O=C(O)C1CCc2cnc(C3CC3)n2C1. The number of rotatable bonds is 2. The Morgan fingerprint density at radius 1 is 1.47 bits per heavy atom. The van der Waals surface area contributed by atoms with Gasteiger partial charge in [0.2, 0.25) is 0 Å². The van der Waals surface area contributed by atoms with Gasteiger partial charge < -0.3 is 9.67 Å². The quantitative estimate of drug-likeness (QED) is 0.795. The van der Waals surface area contributed by atoms with E-state index < -0.39 is 5.97 Å². The molecule has 2 aliphatic rings. The lowest BCUT2D eigenvalue weighted by Crippen LogP contribution is -2.27. The maximum atomic E-state index is 10.9. The zero-order valence-corrected chi connectivity index (χ0v) is 8.52. The molecule has 15 heavy (non-hydrogen) atoms. The molecule has 1 aromatic rings. The molecule has 0 aromatic carbocycles. The number of nitrogens with zero attached hydrogens (tertiary/aromatic N) is 2. The predicted octanol–water partition coefficient (Wildman–Crippen LogP) is 1.41. The third-order valence-electron chi connectivity index (χ3n) is 3.41. The maximum Gasteiger partial charge on any atom is 0.308 e. The van der Waals surface area contributed by atoms with Crippen molar-refractivity contribution in [3.63, 3.8) is 0 Å². The van der Waals surface area contributed by atoms with E-state index in [-0.39, 0.29) is 5.92 Å². The number of fused-ring (bicyclic) bond motifs is 1. The third-order valence-corrected chi connectivity index (χ3v) is 3.41. The van der Waals surface area contributed by atoms with E-state index in [0.717, 1.165) is 18.7 Å². The van der Waals surface area contributed by atoms with Crippen LogP contribution in [0.5, 0.6) is 0 Å². The van der Waals surface area contributed by atoms with Crippen molar-refractivity contribution >= 4 is 5.97 Å². The van der Waals surface area contributed by atoms with Crippen LogP contribution in [0.2, 0.25) is 0 Å². The molecule has 2 heterocycles. The lowest BCUT2D eigenvalue weighted by molar-refractivity contribution is -0.142. The van der Waals surface area contributed by atoms with Crippen LogP contribution in [0.4, 0.5) is 0 Å². The largest absolute Gasteiger partial charge is 0.481 e. The molecule has 1 saturated carbocycles. The van der Waals surface area contributed by atoms with Gasteiger partial charge in [-0.2, -0.15) is 0 Å². The fourth-order valence-electron chi connectivity index (χ4n) is 2.34. The number of imidazole rings is 1. The minimum atomic E-state index is -0.670. The topological polar surface area (TPSA) is 55.1 Å². The van der Waals surface area contributed by atoms with Gasteiger partial charge in [-0.15, -0.1) is 0 Å². The average molecular weight is 206 g/mol. The lowest BCUT2D eigenvalue weighted by Gasteiger charge is -2.22. The molecule has 4 heteroatoms. The van der Waals surface area contributed by atoms with Crippen LogP contribution in [0.3, 0.4) is 0 Å². The van der Waals surface area contributed by atoms with E-state index in [9.17, 15) is 4.79 Å². The van der Waals surface area contributed by atoms with Gasteiger partial charge >= 0.3 is 5.97 Å². The van der Waals surface area contributed by atoms with E-state index in [0.29, 0.717) is 12.5 Å². The van der Waals surface area contributed by atoms with Crippen LogP contribution >= 0.6 is 0 Å². The number of aryl methyl sites for hydroxylation is 1. The number of hydrogen-bond donors (Lipinski definition) is 1. The summed E-state index contributed by atoms with van der Waals surface area (Å²) in [6.07, 6.45) is 5.97. The first-order valence-electron chi connectivity index (χ1n) is 5.53. The molecule has 0 saturated heterocycles. The maximum absolute atomic E-state index is 10.9. The van der Waals surface area contributed by atoms with Gasteiger partial charge in [-0.1, -0.05) is 0 Å². The van der Waals surface area contributed by atoms with E-state index in [1.807, 2.05) is 6.20 Å². The van der Waals surface area contributed by atoms with Gasteiger partial charge in [-0.3, -0.25) is 4.79 Å². The second-order valence-electron chi connectivity index (χ2n) is 4.57. The van der Waals surface area contributed by atoms with Gasteiger partial charge in [0, 0.05) is 24.4 Å². The predicted molar refractivity (Wildman–Crippen MR) is 53.6 cm³/mol. The number of carbonyl (C=O) groups is 1. The molecule has 1 aromatic heterocycles. The van der Waals surface area contributed by atoms with Gasteiger partial charge in [0.25, 0.3) is 0 Å². The first kappa shape index (κ1) is 8.95. The molecular formula is C11H14N2O2. The number of carboxylic acids is 1. The van der Waals surface area contributed by atoms with Crippen molar-refractivity contribution in [1.82, 2.24) is 9.55 Å². The van der Waals surface area contributed by atoms with E-state index >= 15 is 0 Å². The van der Waals surface area contributed by atoms with Crippen LogP contribution < -0.4 is 0 Å². The summed E-state index contributed by atoms with van der Waals surface area (Å²) in [6, 6.07) is 0. The molecule has 0 amide bonds. The summed E-state index contributed by atoms with van der Waals surface area (Å²) in [5, 5.41) is 9.01. The molecule has 1 atom stereocenters. The van der Waals surface area contributed by atoms with Crippen molar-refractivity contribution in [3.05, 3.63) is 17.7 Å². The smallest absolute Gasteiger partial charge is 0.308 e. The van der Waals surface area contributed by atoms with Crippen LogP contribution in [-0.2, 0) is 17.8 Å². The van der Waals surface area contributed by atoms with Crippen LogP contribution in [0.15, 0.2) is 6.20 Å². The minimum absolute atomic E-state index is 0.218. The molecule has 1 aliphatic heterocycles. The Morgan fingerprint density at radius 3 is 2.93 bits per heavy atom. The Bertz CT molecular complexity index is 407. The highest BCUT2D eigenvalue weighted by Crippen LogP contribution is 2.40. The molecule has 3 rings (SSSR count). The fraction of sp³-hybridized carbons (Fsp3) is 0.636. The zero-order valence-electron chi connectivity index (χ0n) is 8.52. The Hall–Kier alpha value is -1.32. The Balaban J connectivity index is 1.91. The van der Waals surface area contributed by atoms with Crippen LogP contribution in [0.25, 0.3) is 0 Å². The van der Waals surface area contributed by atoms with Crippen LogP contribution in [0, 0.1) is 5.92 Å². The molecule has 0 radical (unpaired) electrons. The molecule has 4 nitrogen and oxygen atoms in total. The van der Waals surface area contributed by atoms with E-state index in [1.165, 1.54) is 18.5 Å². The van der Waals surface area contributed by atoms with Crippen molar-refractivity contribution in [3.8, 4) is 0 Å². The third kappa shape index (κ3) is 1.44. The van der Waals surface area contributed by atoms with Gasteiger partial charge in [0.1, 0.15) is 5.82 Å². The fourth-order valence-corrected chi connectivity index (χ4v) is 2.34. The second-order valence-corrected chi connectivity index (χ2v) is 4.57. The van der Waals surface area contributed by atoms with Crippen molar-refractivity contribution < 1.29 is 9.90 Å². The first-order valence-corrected chi connectivity index (χ1v) is 5.53. The lowest BCUT2D eigenvalue weighted by atomic mass is 9.98. The molecule has 1 unspecified atom stereocenters. The monoisotopic (exact) mass is 206 g/mol. The van der Waals surface area contributed by atoms with Crippen molar-refractivity contribution in [2.24, 2.45) is 5.92 Å². The highest BCUT2D eigenvalue weighted by atomic mass is 16.4.